The molecule has 0 saturated heterocycles. The van der Waals surface area contributed by atoms with E-state index in [2.05, 4.69) is 10.6 Å². The van der Waals surface area contributed by atoms with Gasteiger partial charge < -0.3 is 20.8 Å². The molecule has 1 rings (SSSR count). The minimum absolute atomic E-state index is 0.133. The minimum atomic E-state index is -0.394. The van der Waals surface area contributed by atoms with E-state index in [1.807, 2.05) is 0 Å². The van der Waals surface area contributed by atoms with Gasteiger partial charge in [-0.05, 0) is 26.0 Å². The van der Waals surface area contributed by atoms with E-state index in [-0.39, 0.29) is 18.4 Å². The lowest BCUT2D eigenvalue weighted by atomic mass is 10.2. The van der Waals surface area contributed by atoms with E-state index in [1.54, 1.807) is 32.2 Å². The Morgan fingerprint density at radius 2 is 2.17 bits per heavy atom. The smallest absolute Gasteiger partial charge is 0.237 e. The summed E-state index contributed by atoms with van der Waals surface area (Å²) >= 11 is 0. The van der Waals surface area contributed by atoms with Gasteiger partial charge >= 0.3 is 0 Å². The molecule has 1 aromatic rings. The first-order valence-corrected chi connectivity index (χ1v) is 5.83. The van der Waals surface area contributed by atoms with E-state index in [0.717, 1.165) is 0 Å². The number of hydrogen-bond acceptors (Lipinski definition) is 4. The van der Waals surface area contributed by atoms with Gasteiger partial charge in [-0.2, -0.15) is 0 Å². The molecule has 0 radical (unpaired) electrons. The normalized spacial score (nSPS) is 13.9. The molecular formula is C12H19N3O3. The number of primary amides is 1. The summed E-state index contributed by atoms with van der Waals surface area (Å²) < 4.78 is 5.10. The van der Waals surface area contributed by atoms with E-state index < -0.39 is 11.9 Å². The third kappa shape index (κ3) is 5.01. The zero-order valence-electron chi connectivity index (χ0n) is 10.6. The molecule has 0 saturated carbocycles. The fourth-order valence-corrected chi connectivity index (χ4v) is 1.60. The van der Waals surface area contributed by atoms with Crippen LogP contribution in [-0.2, 0) is 16.1 Å². The Morgan fingerprint density at radius 3 is 2.72 bits per heavy atom. The van der Waals surface area contributed by atoms with Crippen molar-refractivity contribution < 1.29 is 14.0 Å². The van der Waals surface area contributed by atoms with E-state index in [1.165, 1.54) is 0 Å². The van der Waals surface area contributed by atoms with Crippen LogP contribution in [0.2, 0.25) is 0 Å². The molecule has 4 N–H and O–H groups in total. The highest BCUT2D eigenvalue weighted by Crippen LogP contribution is 1.99. The molecule has 0 spiro atoms. The average molecular weight is 253 g/mol. The largest absolute Gasteiger partial charge is 0.467 e. The van der Waals surface area contributed by atoms with E-state index in [4.69, 9.17) is 10.2 Å². The second-order valence-corrected chi connectivity index (χ2v) is 4.26. The summed E-state index contributed by atoms with van der Waals surface area (Å²) in [5.74, 6) is 0.154. The Bertz CT molecular complexity index is 389. The highest BCUT2D eigenvalue weighted by atomic mass is 16.3. The van der Waals surface area contributed by atoms with Crippen LogP contribution >= 0.6 is 0 Å². The maximum atomic E-state index is 11.7. The summed E-state index contributed by atoms with van der Waals surface area (Å²) in [5, 5.41) is 5.73. The molecule has 2 atom stereocenters. The lowest BCUT2D eigenvalue weighted by Gasteiger charge is -2.18. The third-order valence-electron chi connectivity index (χ3n) is 2.45. The van der Waals surface area contributed by atoms with Crippen molar-refractivity contribution in [3.63, 3.8) is 0 Å². The molecule has 2 unspecified atom stereocenters. The van der Waals surface area contributed by atoms with E-state index >= 15 is 0 Å². The fraction of sp³-hybridized carbons (Fsp3) is 0.500. The number of furan rings is 1. The molecule has 0 aliphatic heterocycles. The van der Waals surface area contributed by atoms with E-state index in [0.29, 0.717) is 12.3 Å². The fourth-order valence-electron chi connectivity index (χ4n) is 1.60. The van der Waals surface area contributed by atoms with Crippen molar-refractivity contribution in [2.45, 2.75) is 38.9 Å². The summed E-state index contributed by atoms with van der Waals surface area (Å²) in [4.78, 5) is 22.4. The Balaban J connectivity index is 2.30. The number of nitrogens with two attached hydrogens (primary N) is 1. The van der Waals surface area contributed by atoms with Gasteiger partial charge in [-0.25, -0.2) is 0 Å². The quantitative estimate of drug-likeness (QED) is 0.643. The number of carbonyl (C=O) groups is 2. The standard InChI is InChI=1S/C12H19N3O3/c1-8(6-11(13)16)15-9(2)12(17)14-7-10-4-3-5-18-10/h3-5,8-9,15H,6-7H2,1-2H3,(H2,13,16)(H,14,17). The Morgan fingerprint density at radius 1 is 1.44 bits per heavy atom. The van der Waals surface area contributed by atoms with Crippen molar-refractivity contribution in [1.29, 1.82) is 0 Å². The topological polar surface area (TPSA) is 97.4 Å². The van der Waals surface area contributed by atoms with E-state index in [9.17, 15) is 9.59 Å². The van der Waals surface area contributed by atoms with Crippen LogP contribution in [0.25, 0.3) is 0 Å². The molecule has 18 heavy (non-hydrogen) atoms. The van der Waals surface area contributed by atoms with Crippen LogP contribution in [0.4, 0.5) is 0 Å². The van der Waals surface area contributed by atoms with Crippen molar-refractivity contribution in [3.8, 4) is 0 Å². The lowest BCUT2D eigenvalue weighted by molar-refractivity contribution is -0.124. The van der Waals surface area contributed by atoms with Crippen molar-refractivity contribution in [2.75, 3.05) is 0 Å². The monoisotopic (exact) mass is 253 g/mol. The second-order valence-electron chi connectivity index (χ2n) is 4.26. The molecule has 0 bridgehead atoms. The van der Waals surface area contributed by atoms with Crippen molar-refractivity contribution >= 4 is 11.8 Å². The first-order valence-electron chi connectivity index (χ1n) is 5.83. The van der Waals surface area contributed by atoms with Gasteiger partial charge in [-0.1, -0.05) is 0 Å². The molecule has 100 valence electrons. The summed E-state index contributed by atoms with van der Waals surface area (Å²) in [6.07, 6.45) is 1.76. The summed E-state index contributed by atoms with van der Waals surface area (Å²) in [6, 6.07) is 3.02. The molecule has 0 aromatic carbocycles. The number of amides is 2. The summed E-state index contributed by atoms with van der Waals surface area (Å²) in [6.45, 7) is 3.89. The van der Waals surface area contributed by atoms with Gasteiger partial charge in [0, 0.05) is 12.5 Å². The molecular weight excluding hydrogens is 234 g/mol. The van der Waals surface area contributed by atoms with Crippen molar-refractivity contribution in [1.82, 2.24) is 10.6 Å². The first kappa shape index (κ1) is 14.2. The lowest BCUT2D eigenvalue weighted by Crippen LogP contribution is -2.46. The predicted octanol–water partition coefficient (Wildman–Crippen LogP) is 0.138. The van der Waals surface area contributed by atoms with Gasteiger partial charge in [0.25, 0.3) is 0 Å². The van der Waals surface area contributed by atoms with Gasteiger partial charge in [0.2, 0.25) is 11.8 Å². The zero-order chi connectivity index (χ0) is 13.5. The van der Waals surface area contributed by atoms with Crippen molar-refractivity contribution in [3.05, 3.63) is 24.2 Å². The number of rotatable bonds is 7. The summed E-state index contributed by atoms with van der Waals surface area (Å²) in [5.41, 5.74) is 5.08. The van der Waals surface area contributed by atoms with Crippen LogP contribution in [-0.4, -0.2) is 23.9 Å². The van der Waals surface area contributed by atoms with Crippen LogP contribution in [0.5, 0.6) is 0 Å². The Labute approximate surface area is 106 Å². The molecule has 6 nitrogen and oxygen atoms in total. The predicted molar refractivity (Wildman–Crippen MR) is 66.4 cm³/mol. The maximum Gasteiger partial charge on any atom is 0.237 e. The molecule has 0 aliphatic rings. The highest BCUT2D eigenvalue weighted by Gasteiger charge is 2.16. The number of hydrogen-bond donors (Lipinski definition) is 3. The van der Waals surface area contributed by atoms with Crippen LogP contribution in [0.1, 0.15) is 26.0 Å². The molecule has 1 aromatic heterocycles. The van der Waals surface area contributed by atoms with Gasteiger partial charge in [-0.3, -0.25) is 9.59 Å². The van der Waals surface area contributed by atoms with Crippen LogP contribution in [0, 0.1) is 0 Å². The highest BCUT2D eigenvalue weighted by molar-refractivity contribution is 5.81. The number of carbonyl (C=O) groups excluding carboxylic acids is 2. The van der Waals surface area contributed by atoms with Crippen molar-refractivity contribution in [2.24, 2.45) is 5.73 Å². The Hall–Kier alpha value is -1.82. The Kier molecular flexibility index (Phi) is 5.38. The number of nitrogens with one attached hydrogen (secondary N) is 2. The molecule has 6 heteroatoms. The maximum absolute atomic E-state index is 11.7. The van der Waals surface area contributed by atoms with Crippen LogP contribution in [0.15, 0.2) is 22.8 Å². The molecule has 0 aliphatic carbocycles. The van der Waals surface area contributed by atoms with Gasteiger partial charge in [-0.15, -0.1) is 0 Å². The second kappa shape index (κ2) is 6.80. The molecule has 1 heterocycles. The van der Waals surface area contributed by atoms with Gasteiger partial charge in [0.1, 0.15) is 5.76 Å². The third-order valence-corrected chi connectivity index (χ3v) is 2.45. The zero-order valence-corrected chi connectivity index (χ0v) is 10.6. The molecule has 2 amide bonds. The minimum Gasteiger partial charge on any atom is -0.467 e. The summed E-state index contributed by atoms with van der Waals surface area (Å²) in [7, 11) is 0. The SMILES string of the molecule is CC(CC(N)=O)NC(C)C(=O)NCc1ccco1. The van der Waals surface area contributed by atoms with Gasteiger partial charge in [0.05, 0.1) is 18.8 Å². The van der Waals surface area contributed by atoms with Crippen LogP contribution < -0.4 is 16.4 Å². The average Bonchev–Trinajstić information content (AvgIpc) is 2.77. The first-order chi connectivity index (χ1) is 8.49. The van der Waals surface area contributed by atoms with Gasteiger partial charge in [0.15, 0.2) is 0 Å². The van der Waals surface area contributed by atoms with Crippen LogP contribution in [0.3, 0.4) is 0 Å². The molecule has 0 fully saturated rings.